The largest absolute Gasteiger partial charge is 0.371 e. The van der Waals surface area contributed by atoms with Crippen LogP contribution in [0.4, 0.5) is 5.69 Å². The maximum absolute atomic E-state index is 12.9. The highest BCUT2D eigenvalue weighted by Crippen LogP contribution is 2.23. The van der Waals surface area contributed by atoms with Crippen molar-refractivity contribution in [2.24, 2.45) is 0 Å². The second-order valence-corrected chi connectivity index (χ2v) is 10.1. The topological polar surface area (TPSA) is 73.8 Å². The molecule has 0 radical (unpaired) electrons. The van der Waals surface area contributed by atoms with E-state index in [1.807, 2.05) is 12.1 Å². The van der Waals surface area contributed by atoms with E-state index in [0.29, 0.717) is 18.8 Å². The van der Waals surface area contributed by atoms with Crippen molar-refractivity contribution in [3.8, 4) is 0 Å². The fourth-order valence-corrected chi connectivity index (χ4v) is 5.80. The summed E-state index contributed by atoms with van der Waals surface area (Å²) >= 11 is 3.32. The van der Waals surface area contributed by atoms with Gasteiger partial charge in [0.25, 0.3) is 5.91 Å². The highest BCUT2D eigenvalue weighted by Gasteiger charge is 2.31. The first-order chi connectivity index (χ1) is 13.9. The van der Waals surface area contributed by atoms with Crippen LogP contribution in [-0.4, -0.2) is 67.8 Å². The lowest BCUT2D eigenvalue weighted by molar-refractivity contribution is 0.0692. The number of benzene rings is 1. The van der Waals surface area contributed by atoms with Crippen molar-refractivity contribution in [1.82, 2.24) is 14.2 Å². The second-order valence-electron chi connectivity index (χ2n) is 7.25. The van der Waals surface area contributed by atoms with E-state index in [1.54, 1.807) is 35.4 Å². The van der Waals surface area contributed by atoms with Crippen LogP contribution in [0.3, 0.4) is 0 Å². The third-order valence-corrected chi connectivity index (χ3v) is 7.78. The van der Waals surface area contributed by atoms with Gasteiger partial charge in [-0.15, -0.1) is 0 Å². The minimum Gasteiger partial charge on any atom is -0.371 e. The first-order valence-corrected chi connectivity index (χ1v) is 11.9. The first-order valence-electron chi connectivity index (χ1n) is 9.71. The minimum atomic E-state index is -3.57. The van der Waals surface area contributed by atoms with Crippen molar-refractivity contribution >= 4 is 37.5 Å². The summed E-state index contributed by atoms with van der Waals surface area (Å²) in [5, 5.41) is 0. The van der Waals surface area contributed by atoms with E-state index in [0.717, 1.165) is 23.2 Å². The monoisotopic (exact) mass is 478 g/mol. The fraction of sp³-hybridized carbons (Fsp3) is 0.400. The molecule has 1 aromatic carbocycles. The SMILES string of the molecule is O=C(c1cc(N2CCCC2)ccn1)N1CCN(S(=O)(=O)c2cccc(Br)c2)CC1. The Morgan fingerprint density at radius 1 is 0.966 bits per heavy atom. The van der Waals surface area contributed by atoms with E-state index in [-0.39, 0.29) is 23.9 Å². The molecule has 0 bridgehead atoms. The highest BCUT2D eigenvalue weighted by atomic mass is 79.9. The maximum atomic E-state index is 12.9. The molecule has 2 aliphatic rings. The molecule has 0 unspecified atom stereocenters. The molecule has 2 aliphatic heterocycles. The summed E-state index contributed by atoms with van der Waals surface area (Å²) in [5.74, 6) is -0.148. The third kappa shape index (κ3) is 4.31. The smallest absolute Gasteiger partial charge is 0.272 e. The summed E-state index contributed by atoms with van der Waals surface area (Å²) in [5.41, 5.74) is 1.44. The number of pyridine rings is 1. The minimum absolute atomic E-state index is 0.148. The van der Waals surface area contributed by atoms with Crippen LogP contribution in [-0.2, 0) is 10.0 Å². The zero-order chi connectivity index (χ0) is 20.4. The summed E-state index contributed by atoms with van der Waals surface area (Å²) in [6, 6.07) is 10.5. The van der Waals surface area contributed by atoms with E-state index in [2.05, 4.69) is 25.8 Å². The maximum Gasteiger partial charge on any atom is 0.272 e. The van der Waals surface area contributed by atoms with Crippen LogP contribution >= 0.6 is 15.9 Å². The lowest BCUT2D eigenvalue weighted by atomic mass is 10.2. The van der Waals surface area contributed by atoms with Crippen LogP contribution in [0.15, 0.2) is 52.0 Å². The summed E-state index contributed by atoms with van der Waals surface area (Å²) in [4.78, 5) is 21.4. The van der Waals surface area contributed by atoms with Crippen molar-refractivity contribution in [3.63, 3.8) is 0 Å². The lowest BCUT2D eigenvalue weighted by Crippen LogP contribution is -2.50. The first kappa shape index (κ1) is 20.3. The molecule has 0 saturated carbocycles. The molecule has 2 aromatic rings. The Bertz CT molecular complexity index is 1000. The van der Waals surface area contributed by atoms with Crippen LogP contribution in [0.25, 0.3) is 0 Å². The molecular formula is C20H23BrN4O3S. The van der Waals surface area contributed by atoms with Crippen molar-refractivity contribution in [1.29, 1.82) is 0 Å². The van der Waals surface area contributed by atoms with Crippen molar-refractivity contribution in [2.45, 2.75) is 17.7 Å². The second kappa shape index (κ2) is 8.41. The number of amides is 1. The zero-order valence-corrected chi connectivity index (χ0v) is 18.4. The lowest BCUT2D eigenvalue weighted by Gasteiger charge is -2.34. The average Bonchev–Trinajstić information content (AvgIpc) is 3.28. The third-order valence-electron chi connectivity index (χ3n) is 5.39. The van der Waals surface area contributed by atoms with E-state index < -0.39 is 10.0 Å². The molecule has 0 atom stereocenters. The standard InChI is InChI=1S/C20H23BrN4O3S/c21-16-4-3-5-18(14-16)29(27,28)25-12-10-24(11-13-25)20(26)19-15-17(6-7-22-19)23-8-1-2-9-23/h3-7,14-15H,1-2,8-13H2. The van der Waals surface area contributed by atoms with Gasteiger partial charge in [0.15, 0.2) is 0 Å². The quantitative estimate of drug-likeness (QED) is 0.674. The Labute approximate surface area is 179 Å². The molecule has 29 heavy (non-hydrogen) atoms. The number of sulfonamides is 1. The van der Waals surface area contributed by atoms with Gasteiger partial charge < -0.3 is 9.80 Å². The summed E-state index contributed by atoms with van der Waals surface area (Å²) < 4.78 is 27.9. The molecular weight excluding hydrogens is 456 g/mol. The number of piperazine rings is 1. The molecule has 7 nitrogen and oxygen atoms in total. The van der Waals surface area contributed by atoms with E-state index in [9.17, 15) is 13.2 Å². The van der Waals surface area contributed by atoms with Crippen LogP contribution in [0.2, 0.25) is 0 Å². The zero-order valence-electron chi connectivity index (χ0n) is 16.0. The Kier molecular flexibility index (Phi) is 5.89. The van der Waals surface area contributed by atoms with Gasteiger partial charge in [-0.2, -0.15) is 4.31 Å². The number of hydrogen-bond donors (Lipinski definition) is 0. The average molecular weight is 479 g/mol. The number of aromatic nitrogens is 1. The molecule has 0 N–H and O–H groups in total. The number of anilines is 1. The Morgan fingerprint density at radius 2 is 1.69 bits per heavy atom. The molecule has 1 aromatic heterocycles. The number of halogens is 1. The number of hydrogen-bond acceptors (Lipinski definition) is 5. The normalized spacial score (nSPS) is 18.2. The molecule has 2 fully saturated rings. The van der Waals surface area contributed by atoms with Gasteiger partial charge in [-0.1, -0.05) is 22.0 Å². The molecule has 0 spiro atoms. The summed E-state index contributed by atoms with van der Waals surface area (Å²) in [6.45, 7) is 3.25. The van der Waals surface area contributed by atoms with Crippen molar-refractivity contribution in [3.05, 3.63) is 52.8 Å². The Morgan fingerprint density at radius 3 is 2.38 bits per heavy atom. The van der Waals surface area contributed by atoms with Gasteiger partial charge in [0.05, 0.1) is 4.90 Å². The Balaban J connectivity index is 1.43. The fourth-order valence-electron chi connectivity index (χ4n) is 3.78. The Hall–Kier alpha value is -1.97. The van der Waals surface area contributed by atoms with Crippen LogP contribution in [0, 0.1) is 0 Å². The van der Waals surface area contributed by atoms with Gasteiger partial charge in [-0.05, 0) is 43.2 Å². The number of nitrogens with zero attached hydrogens (tertiary/aromatic N) is 4. The molecule has 4 rings (SSSR count). The summed E-state index contributed by atoms with van der Waals surface area (Å²) in [6.07, 6.45) is 4.01. The van der Waals surface area contributed by atoms with Gasteiger partial charge in [0.1, 0.15) is 5.69 Å². The van der Waals surface area contributed by atoms with Crippen LogP contribution in [0.5, 0.6) is 0 Å². The van der Waals surface area contributed by atoms with Gasteiger partial charge in [-0.25, -0.2) is 8.42 Å². The predicted molar refractivity (Wildman–Crippen MR) is 114 cm³/mol. The van der Waals surface area contributed by atoms with Crippen molar-refractivity contribution in [2.75, 3.05) is 44.2 Å². The molecule has 3 heterocycles. The van der Waals surface area contributed by atoms with Gasteiger partial charge in [-0.3, -0.25) is 9.78 Å². The number of carbonyl (C=O) groups is 1. The number of carbonyl (C=O) groups excluding carboxylic acids is 1. The molecule has 154 valence electrons. The predicted octanol–water partition coefficient (Wildman–Crippen LogP) is 2.59. The summed E-state index contributed by atoms with van der Waals surface area (Å²) in [7, 11) is -3.57. The van der Waals surface area contributed by atoms with Crippen LogP contribution < -0.4 is 4.90 Å². The van der Waals surface area contributed by atoms with E-state index in [4.69, 9.17) is 0 Å². The van der Waals surface area contributed by atoms with Crippen LogP contribution in [0.1, 0.15) is 23.3 Å². The molecule has 1 amide bonds. The van der Waals surface area contributed by atoms with E-state index in [1.165, 1.54) is 17.1 Å². The molecule has 0 aliphatic carbocycles. The molecule has 2 saturated heterocycles. The highest BCUT2D eigenvalue weighted by molar-refractivity contribution is 9.10. The van der Waals surface area contributed by atoms with E-state index >= 15 is 0 Å². The molecule has 9 heteroatoms. The number of rotatable bonds is 4. The van der Waals surface area contributed by atoms with Crippen molar-refractivity contribution < 1.29 is 13.2 Å². The van der Waals surface area contributed by atoms with Gasteiger partial charge >= 0.3 is 0 Å². The van der Waals surface area contributed by atoms with Gasteiger partial charge in [0.2, 0.25) is 10.0 Å². The van der Waals surface area contributed by atoms with Gasteiger partial charge in [0, 0.05) is 55.6 Å².